The van der Waals surface area contributed by atoms with E-state index < -0.39 is 11.2 Å². The number of aromatic amines is 2. The molecule has 0 aliphatic carbocycles. The number of H-pyrrole nitrogens is 2. The van der Waals surface area contributed by atoms with Gasteiger partial charge in [-0.1, -0.05) is 0 Å². The van der Waals surface area contributed by atoms with Gasteiger partial charge in [0, 0.05) is 13.2 Å². The summed E-state index contributed by atoms with van der Waals surface area (Å²) < 4.78 is 0. The Morgan fingerprint density at radius 2 is 1.92 bits per heavy atom. The van der Waals surface area contributed by atoms with Crippen molar-refractivity contribution >= 4 is 6.29 Å². The first-order valence-electron chi connectivity index (χ1n) is 2.96. The first-order chi connectivity index (χ1) is 5.72. The first kappa shape index (κ1) is 10.3. The smallest absolute Gasteiger partial charge is 0.326 e. The first-order valence-corrected chi connectivity index (χ1v) is 2.96. The second-order valence-corrected chi connectivity index (χ2v) is 1.66. The number of aliphatic hydroxyl groups is 1. The van der Waals surface area contributed by atoms with E-state index in [9.17, 15) is 14.4 Å². The largest absolute Gasteiger partial charge is 0.400 e. The van der Waals surface area contributed by atoms with E-state index in [2.05, 4.69) is 4.98 Å². The topological polar surface area (TPSA) is 103 Å². The predicted molar refractivity (Wildman–Crippen MR) is 41.2 cm³/mol. The fourth-order valence-electron chi connectivity index (χ4n) is 0.551. The van der Waals surface area contributed by atoms with Crippen molar-refractivity contribution in [3.05, 3.63) is 32.6 Å². The van der Waals surface area contributed by atoms with Gasteiger partial charge in [0.15, 0.2) is 6.29 Å². The predicted octanol–water partition coefficient (Wildman–Crippen LogP) is -1.52. The number of carbonyl (C=O) groups excluding carboxylic acids is 1. The van der Waals surface area contributed by atoms with E-state index in [-0.39, 0.29) is 5.69 Å². The van der Waals surface area contributed by atoms with E-state index in [4.69, 9.17) is 5.11 Å². The summed E-state index contributed by atoms with van der Waals surface area (Å²) in [6.07, 6.45) is 0.399. The summed E-state index contributed by atoms with van der Waals surface area (Å²) in [5.41, 5.74) is -1.27. The number of aromatic nitrogens is 2. The van der Waals surface area contributed by atoms with Crippen LogP contribution >= 0.6 is 0 Å². The van der Waals surface area contributed by atoms with Gasteiger partial charge in [-0.05, 0) is 0 Å². The van der Waals surface area contributed by atoms with Gasteiger partial charge in [-0.2, -0.15) is 0 Å². The molecule has 0 aromatic carbocycles. The highest BCUT2D eigenvalue weighted by Gasteiger charge is 1.91. The van der Waals surface area contributed by atoms with Crippen LogP contribution in [0.3, 0.4) is 0 Å². The van der Waals surface area contributed by atoms with E-state index >= 15 is 0 Å². The number of aldehydes is 1. The molecule has 1 heterocycles. The second-order valence-electron chi connectivity index (χ2n) is 1.66. The molecular weight excluding hydrogens is 164 g/mol. The Labute approximate surface area is 66.9 Å². The lowest BCUT2D eigenvalue weighted by Crippen LogP contribution is -2.22. The molecule has 6 nitrogen and oxygen atoms in total. The standard InChI is InChI=1S/C5H4N2O3.CH4O/c8-2-3-1-4(9)7-5(10)6-3;1-2/h1-2H,(H2,6,7,9,10);2H,1H3. The minimum atomic E-state index is -0.672. The molecule has 0 fully saturated rings. The monoisotopic (exact) mass is 172 g/mol. The third kappa shape index (κ3) is 2.93. The molecule has 1 aromatic rings. The third-order valence-corrected chi connectivity index (χ3v) is 0.908. The van der Waals surface area contributed by atoms with Crippen LogP contribution in [0.4, 0.5) is 0 Å². The van der Waals surface area contributed by atoms with Gasteiger partial charge in [-0.3, -0.25) is 14.6 Å². The zero-order valence-corrected chi connectivity index (χ0v) is 6.33. The molecule has 1 aromatic heterocycles. The second kappa shape index (κ2) is 5.03. The van der Waals surface area contributed by atoms with Crippen molar-refractivity contribution in [2.45, 2.75) is 0 Å². The summed E-state index contributed by atoms with van der Waals surface area (Å²) in [7, 11) is 1.00. The molecule has 3 N–H and O–H groups in total. The number of nitrogens with one attached hydrogen (secondary N) is 2. The normalized spacial score (nSPS) is 8.17. The Morgan fingerprint density at radius 1 is 1.33 bits per heavy atom. The quantitative estimate of drug-likeness (QED) is 0.448. The summed E-state index contributed by atoms with van der Waals surface area (Å²) in [5.74, 6) is 0. The lowest BCUT2D eigenvalue weighted by Gasteiger charge is -1.84. The molecule has 0 aliphatic heterocycles. The van der Waals surface area contributed by atoms with Gasteiger partial charge in [0.05, 0.1) is 5.69 Å². The molecule has 66 valence electrons. The average molecular weight is 172 g/mol. The van der Waals surface area contributed by atoms with Crippen LogP contribution in [0.5, 0.6) is 0 Å². The minimum absolute atomic E-state index is 0.0197. The number of hydrogen-bond donors (Lipinski definition) is 3. The van der Waals surface area contributed by atoms with Crippen molar-refractivity contribution in [2.75, 3.05) is 7.11 Å². The molecule has 0 spiro atoms. The summed E-state index contributed by atoms with van der Waals surface area (Å²) in [6, 6.07) is 1.01. The Balaban J connectivity index is 0.000000561. The highest BCUT2D eigenvalue weighted by molar-refractivity contribution is 5.70. The van der Waals surface area contributed by atoms with Crippen LogP contribution in [0, 0.1) is 0 Å². The van der Waals surface area contributed by atoms with Crippen molar-refractivity contribution in [2.24, 2.45) is 0 Å². The molecule has 0 bridgehead atoms. The Kier molecular flexibility index (Phi) is 4.32. The number of aliphatic hydroxyl groups excluding tert-OH is 1. The molecule has 0 radical (unpaired) electrons. The fraction of sp³-hybridized carbons (Fsp3) is 0.167. The van der Waals surface area contributed by atoms with Gasteiger partial charge in [0.25, 0.3) is 5.56 Å². The van der Waals surface area contributed by atoms with Crippen LogP contribution in [0.2, 0.25) is 0 Å². The van der Waals surface area contributed by atoms with Gasteiger partial charge in [-0.15, -0.1) is 0 Å². The molecule has 0 amide bonds. The number of carbonyl (C=O) groups is 1. The van der Waals surface area contributed by atoms with Crippen molar-refractivity contribution in [1.82, 2.24) is 9.97 Å². The summed E-state index contributed by atoms with van der Waals surface area (Å²) in [5, 5.41) is 7.00. The van der Waals surface area contributed by atoms with E-state index in [0.717, 1.165) is 13.2 Å². The van der Waals surface area contributed by atoms with Gasteiger partial charge in [-0.25, -0.2) is 4.79 Å². The van der Waals surface area contributed by atoms with Crippen LogP contribution < -0.4 is 11.2 Å². The maximum absolute atomic E-state index is 10.4. The van der Waals surface area contributed by atoms with Crippen LogP contribution in [-0.4, -0.2) is 28.5 Å². The maximum Gasteiger partial charge on any atom is 0.326 e. The SMILES string of the molecule is CO.O=Cc1cc(=O)[nH]c(=O)[nH]1. The fourth-order valence-corrected chi connectivity index (χ4v) is 0.551. The van der Waals surface area contributed by atoms with E-state index in [1.165, 1.54) is 0 Å². The molecule has 0 saturated heterocycles. The molecule has 6 heteroatoms. The molecule has 12 heavy (non-hydrogen) atoms. The lowest BCUT2D eigenvalue weighted by atomic mass is 10.4. The molecule has 0 atom stereocenters. The summed E-state index contributed by atoms with van der Waals surface area (Å²) in [4.78, 5) is 34.9. The Hall–Kier alpha value is -1.69. The Bertz CT molecular complexity index is 323. The van der Waals surface area contributed by atoms with Crippen molar-refractivity contribution in [3.8, 4) is 0 Å². The highest BCUT2D eigenvalue weighted by Crippen LogP contribution is 1.73. The maximum atomic E-state index is 10.4. The number of rotatable bonds is 1. The van der Waals surface area contributed by atoms with Crippen LogP contribution in [-0.2, 0) is 0 Å². The molecule has 0 aliphatic rings. The van der Waals surface area contributed by atoms with E-state index in [1.807, 2.05) is 4.98 Å². The van der Waals surface area contributed by atoms with Gasteiger partial charge >= 0.3 is 5.69 Å². The van der Waals surface area contributed by atoms with Crippen LogP contribution in [0.15, 0.2) is 15.7 Å². The molecule has 0 saturated carbocycles. The summed E-state index contributed by atoms with van der Waals surface area (Å²) in [6.45, 7) is 0. The Morgan fingerprint density at radius 3 is 2.33 bits per heavy atom. The molecular formula is C6H8N2O4. The van der Waals surface area contributed by atoms with Gasteiger partial charge in [0.1, 0.15) is 0 Å². The minimum Gasteiger partial charge on any atom is -0.400 e. The van der Waals surface area contributed by atoms with E-state index in [1.54, 1.807) is 0 Å². The third-order valence-electron chi connectivity index (χ3n) is 0.908. The number of hydrogen-bond acceptors (Lipinski definition) is 4. The van der Waals surface area contributed by atoms with Crippen molar-refractivity contribution in [1.29, 1.82) is 0 Å². The summed E-state index contributed by atoms with van der Waals surface area (Å²) >= 11 is 0. The average Bonchev–Trinajstić information content (AvgIpc) is 2.06. The van der Waals surface area contributed by atoms with Crippen molar-refractivity contribution in [3.63, 3.8) is 0 Å². The molecule has 0 unspecified atom stereocenters. The van der Waals surface area contributed by atoms with Gasteiger partial charge < -0.3 is 10.1 Å². The van der Waals surface area contributed by atoms with Crippen molar-refractivity contribution < 1.29 is 9.90 Å². The van der Waals surface area contributed by atoms with Gasteiger partial charge in [0.2, 0.25) is 0 Å². The zero-order chi connectivity index (χ0) is 9.56. The lowest BCUT2D eigenvalue weighted by molar-refractivity contribution is 0.111. The van der Waals surface area contributed by atoms with Crippen LogP contribution in [0.1, 0.15) is 10.5 Å². The highest BCUT2D eigenvalue weighted by atomic mass is 16.2. The zero-order valence-electron chi connectivity index (χ0n) is 6.33. The van der Waals surface area contributed by atoms with E-state index in [0.29, 0.717) is 6.29 Å². The van der Waals surface area contributed by atoms with Crippen LogP contribution in [0.25, 0.3) is 0 Å². The molecule has 1 rings (SSSR count).